The van der Waals surface area contributed by atoms with E-state index in [9.17, 15) is 4.79 Å². The first-order chi connectivity index (χ1) is 11.8. The highest BCUT2D eigenvalue weighted by atomic mass is 16.5. The number of aromatic nitrogens is 1. The third-order valence-corrected chi connectivity index (χ3v) is 4.61. The summed E-state index contributed by atoms with van der Waals surface area (Å²) in [7, 11) is 0. The largest absolute Gasteiger partial charge is 0.490 e. The number of amides is 1. The van der Waals surface area contributed by atoms with E-state index in [0.717, 1.165) is 43.7 Å². The highest BCUT2D eigenvalue weighted by Gasteiger charge is 2.28. The normalized spacial score (nSPS) is 16.6. The Bertz CT molecular complexity index is 637. The van der Waals surface area contributed by atoms with Crippen LogP contribution in [-0.4, -0.2) is 35.0 Å². The van der Waals surface area contributed by atoms with E-state index >= 15 is 0 Å². The van der Waals surface area contributed by atoms with E-state index in [-0.39, 0.29) is 17.9 Å². The van der Waals surface area contributed by atoms with Crippen LogP contribution in [0.2, 0.25) is 0 Å². The van der Waals surface area contributed by atoms with Crippen molar-refractivity contribution in [2.24, 2.45) is 0 Å². The van der Waals surface area contributed by atoms with Crippen molar-refractivity contribution < 1.29 is 9.53 Å². The Balaban J connectivity index is 1.56. The molecule has 4 heteroatoms. The number of benzene rings is 1. The Labute approximate surface area is 143 Å². The standard InChI is InChI=1S/C20H24N2O2/c1-2-19(16-6-4-3-5-7-16)20(23)22-14-10-18(11-15-22)24-17-8-12-21-13-9-17/h3-9,12-13,18-19H,2,10-11,14-15H2,1H3. The van der Waals surface area contributed by atoms with Gasteiger partial charge in [-0.15, -0.1) is 0 Å². The van der Waals surface area contributed by atoms with E-state index in [1.807, 2.05) is 47.4 Å². The molecule has 24 heavy (non-hydrogen) atoms. The second-order valence-electron chi connectivity index (χ2n) is 6.20. The first-order valence-electron chi connectivity index (χ1n) is 8.68. The van der Waals surface area contributed by atoms with Crippen LogP contribution < -0.4 is 4.74 Å². The first-order valence-corrected chi connectivity index (χ1v) is 8.68. The van der Waals surface area contributed by atoms with Gasteiger partial charge in [0.25, 0.3) is 0 Å². The number of rotatable bonds is 5. The minimum Gasteiger partial charge on any atom is -0.490 e. The number of pyridine rings is 1. The second kappa shape index (κ2) is 7.95. The molecule has 0 radical (unpaired) electrons. The smallest absolute Gasteiger partial charge is 0.230 e. The van der Waals surface area contributed by atoms with Crippen molar-refractivity contribution in [1.82, 2.24) is 9.88 Å². The molecule has 1 aromatic carbocycles. The molecule has 1 saturated heterocycles. The Kier molecular flexibility index (Phi) is 5.47. The number of likely N-dealkylation sites (tertiary alicyclic amines) is 1. The van der Waals surface area contributed by atoms with Crippen molar-refractivity contribution in [3.05, 3.63) is 60.4 Å². The average molecular weight is 324 g/mol. The molecule has 2 aromatic rings. The van der Waals surface area contributed by atoms with Crippen molar-refractivity contribution in [2.75, 3.05) is 13.1 Å². The molecule has 0 N–H and O–H groups in total. The van der Waals surface area contributed by atoms with Gasteiger partial charge in [0.05, 0.1) is 5.92 Å². The van der Waals surface area contributed by atoms with Gasteiger partial charge in [-0.05, 0) is 24.1 Å². The highest BCUT2D eigenvalue weighted by Crippen LogP contribution is 2.25. The number of hydrogen-bond donors (Lipinski definition) is 0. The van der Waals surface area contributed by atoms with Crippen LogP contribution in [0.5, 0.6) is 5.75 Å². The maximum absolute atomic E-state index is 12.9. The van der Waals surface area contributed by atoms with Gasteiger partial charge in [0.1, 0.15) is 11.9 Å². The summed E-state index contributed by atoms with van der Waals surface area (Å²) in [6.07, 6.45) is 6.22. The molecule has 3 rings (SSSR count). The molecule has 0 saturated carbocycles. The molecule has 0 spiro atoms. The summed E-state index contributed by atoms with van der Waals surface area (Å²) in [5, 5.41) is 0. The first kappa shape index (κ1) is 16.5. The molecule has 1 amide bonds. The summed E-state index contributed by atoms with van der Waals surface area (Å²) >= 11 is 0. The lowest BCUT2D eigenvalue weighted by Crippen LogP contribution is -2.43. The molecule has 1 aromatic heterocycles. The van der Waals surface area contributed by atoms with Gasteiger partial charge in [-0.25, -0.2) is 0 Å². The van der Waals surface area contributed by atoms with E-state index in [1.165, 1.54) is 0 Å². The Morgan fingerprint density at radius 1 is 1.17 bits per heavy atom. The van der Waals surface area contributed by atoms with E-state index in [2.05, 4.69) is 11.9 Å². The zero-order chi connectivity index (χ0) is 16.8. The molecule has 1 aliphatic rings. The van der Waals surface area contributed by atoms with Gasteiger partial charge in [0.2, 0.25) is 5.91 Å². The van der Waals surface area contributed by atoms with E-state index in [4.69, 9.17) is 4.74 Å². The van der Waals surface area contributed by atoms with Crippen molar-refractivity contribution in [3.63, 3.8) is 0 Å². The molecule has 4 nitrogen and oxygen atoms in total. The predicted octanol–water partition coefficient (Wildman–Crippen LogP) is 3.65. The fraction of sp³-hybridized carbons (Fsp3) is 0.400. The van der Waals surface area contributed by atoms with Crippen LogP contribution in [0.3, 0.4) is 0 Å². The molecule has 1 fully saturated rings. The monoisotopic (exact) mass is 324 g/mol. The fourth-order valence-electron chi connectivity index (χ4n) is 3.26. The Hall–Kier alpha value is -2.36. The summed E-state index contributed by atoms with van der Waals surface area (Å²) in [5.41, 5.74) is 1.11. The van der Waals surface area contributed by atoms with Gasteiger partial charge in [-0.1, -0.05) is 37.3 Å². The molecule has 1 aliphatic heterocycles. The maximum Gasteiger partial charge on any atom is 0.230 e. The van der Waals surface area contributed by atoms with Crippen molar-refractivity contribution in [1.29, 1.82) is 0 Å². The predicted molar refractivity (Wildman–Crippen MR) is 93.9 cm³/mol. The number of carbonyl (C=O) groups is 1. The van der Waals surface area contributed by atoms with Crippen molar-refractivity contribution >= 4 is 5.91 Å². The van der Waals surface area contributed by atoms with Gasteiger partial charge in [-0.2, -0.15) is 0 Å². The molecule has 126 valence electrons. The minimum atomic E-state index is -0.0381. The number of carbonyl (C=O) groups excluding carboxylic acids is 1. The topological polar surface area (TPSA) is 42.4 Å². The minimum absolute atomic E-state index is 0.0381. The van der Waals surface area contributed by atoms with Crippen LogP contribution in [0, 0.1) is 0 Å². The molecular weight excluding hydrogens is 300 g/mol. The lowest BCUT2D eigenvalue weighted by Gasteiger charge is -2.34. The SMILES string of the molecule is CCC(C(=O)N1CCC(Oc2ccncc2)CC1)c1ccccc1. The number of hydrogen-bond acceptors (Lipinski definition) is 3. The van der Waals surface area contributed by atoms with Crippen molar-refractivity contribution in [2.45, 2.75) is 38.2 Å². The lowest BCUT2D eigenvalue weighted by molar-refractivity contribution is -0.134. The summed E-state index contributed by atoms with van der Waals surface area (Å²) in [6.45, 7) is 3.60. The van der Waals surface area contributed by atoms with Crippen LogP contribution in [-0.2, 0) is 4.79 Å². The molecule has 1 atom stereocenters. The van der Waals surface area contributed by atoms with Crippen LogP contribution >= 0.6 is 0 Å². The zero-order valence-corrected chi connectivity index (χ0v) is 14.1. The van der Waals surface area contributed by atoms with E-state index < -0.39 is 0 Å². The van der Waals surface area contributed by atoms with Gasteiger partial charge in [-0.3, -0.25) is 9.78 Å². The second-order valence-corrected chi connectivity index (χ2v) is 6.20. The Morgan fingerprint density at radius 2 is 1.83 bits per heavy atom. The van der Waals surface area contributed by atoms with Gasteiger partial charge < -0.3 is 9.64 Å². The zero-order valence-electron chi connectivity index (χ0n) is 14.1. The van der Waals surface area contributed by atoms with Crippen LogP contribution in [0.15, 0.2) is 54.9 Å². The van der Waals surface area contributed by atoms with Crippen LogP contribution in [0.25, 0.3) is 0 Å². The lowest BCUT2D eigenvalue weighted by atomic mass is 9.94. The third kappa shape index (κ3) is 3.94. The van der Waals surface area contributed by atoms with Gasteiger partial charge >= 0.3 is 0 Å². The summed E-state index contributed by atoms with van der Waals surface area (Å²) in [5.74, 6) is 1.06. The van der Waals surface area contributed by atoms with E-state index in [0.29, 0.717) is 0 Å². The number of nitrogens with zero attached hydrogens (tertiary/aromatic N) is 2. The summed E-state index contributed by atoms with van der Waals surface area (Å²) < 4.78 is 5.98. The highest BCUT2D eigenvalue weighted by molar-refractivity contribution is 5.83. The Morgan fingerprint density at radius 3 is 2.46 bits per heavy atom. The number of piperidine rings is 1. The van der Waals surface area contributed by atoms with Crippen LogP contribution in [0.4, 0.5) is 0 Å². The molecule has 0 bridgehead atoms. The quantitative estimate of drug-likeness (QED) is 0.843. The maximum atomic E-state index is 12.9. The van der Waals surface area contributed by atoms with Gasteiger partial charge in [0, 0.05) is 38.3 Å². The van der Waals surface area contributed by atoms with Crippen molar-refractivity contribution in [3.8, 4) is 5.75 Å². The average Bonchev–Trinajstić information content (AvgIpc) is 2.65. The third-order valence-electron chi connectivity index (χ3n) is 4.61. The summed E-state index contributed by atoms with van der Waals surface area (Å²) in [6, 6.07) is 13.8. The van der Waals surface area contributed by atoms with E-state index in [1.54, 1.807) is 12.4 Å². The van der Waals surface area contributed by atoms with Gasteiger partial charge in [0.15, 0.2) is 0 Å². The molecular formula is C20H24N2O2. The fourth-order valence-corrected chi connectivity index (χ4v) is 3.26. The number of ether oxygens (including phenoxy) is 1. The molecule has 2 heterocycles. The molecule has 1 unspecified atom stereocenters. The van der Waals surface area contributed by atoms with Crippen LogP contribution in [0.1, 0.15) is 37.7 Å². The summed E-state index contributed by atoms with van der Waals surface area (Å²) in [4.78, 5) is 18.9. The molecule has 0 aliphatic carbocycles.